The molecule has 2 heteroatoms. The molecule has 0 aliphatic rings. The van der Waals surface area contributed by atoms with Gasteiger partial charge in [0.15, 0.2) is 0 Å². The molecule has 1 N–H and O–H groups in total. The van der Waals surface area contributed by atoms with Crippen molar-refractivity contribution in [2.24, 2.45) is 0 Å². The molecule has 98 valence electrons. The molecule has 1 rings (SSSR count). The Morgan fingerprint density at radius 2 is 1.65 bits per heavy atom. The first-order valence-electron chi connectivity index (χ1n) is 7.12. The summed E-state index contributed by atoms with van der Waals surface area (Å²) in [5.74, 6) is 0. The van der Waals surface area contributed by atoms with E-state index in [0.717, 1.165) is 12.1 Å². The summed E-state index contributed by atoms with van der Waals surface area (Å²) in [4.78, 5) is 0. The maximum Gasteiger partial charge on any atom is 0.0696 e. The number of hydrogen-bond acceptors (Lipinski definition) is 1. The molecule has 1 heterocycles. The summed E-state index contributed by atoms with van der Waals surface area (Å²) >= 11 is 0. The normalized spacial score (nSPS) is 10.9. The lowest BCUT2D eigenvalue weighted by atomic mass is 10.1. The third-order valence-corrected chi connectivity index (χ3v) is 3.26. The van der Waals surface area contributed by atoms with Gasteiger partial charge in [-0.15, -0.1) is 0 Å². The lowest BCUT2D eigenvalue weighted by Gasteiger charge is -2.03. The van der Waals surface area contributed by atoms with Crippen molar-refractivity contribution >= 4 is 0 Å². The van der Waals surface area contributed by atoms with E-state index in [1.165, 1.54) is 51.4 Å². The molecule has 0 atom stereocenters. The lowest BCUT2D eigenvalue weighted by molar-refractivity contribution is 0.281. The van der Waals surface area contributed by atoms with E-state index in [0.29, 0.717) is 0 Å². The number of nitrogens with zero attached hydrogens (tertiary/aromatic N) is 1. The van der Waals surface area contributed by atoms with Crippen LogP contribution in [0.2, 0.25) is 0 Å². The van der Waals surface area contributed by atoms with Gasteiger partial charge < -0.3 is 9.67 Å². The Labute approximate surface area is 106 Å². The van der Waals surface area contributed by atoms with Gasteiger partial charge in [-0.05, 0) is 18.1 Å². The third-order valence-electron chi connectivity index (χ3n) is 3.26. The van der Waals surface area contributed by atoms with Crippen LogP contribution in [0.15, 0.2) is 18.5 Å². The van der Waals surface area contributed by atoms with Crippen LogP contribution in [0.1, 0.15) is 63.9 Å². The van der Waals surface area contributed by atoms with E-state index in [-0.39, 0.29) is 6.61 Å². The van der Waals surface area contributed by atoms with Gasteiger partial charge in [-0.3, -0.25) is 0 Å². The average Bonchev–Trinajstić information content (AvgIpc) is 2.80. The quantitative estimate of drug-likeness (QED) is 0.608. The van der Waals surface area contributed by atoms with Crippen LogP contribution in [0.5, 0.6) is 0 Å². The molecule has 0 fully saturated rings. The van der Waals surface area contributed by atoms with Crippen LogP contribution in [0.4, 0.5) is 0 Å². The van der Waals surface area contributed by atoms with Crippen LogP contribution < -0.4 is 0 Å². The van der Waals surface area contributed by atoms with E-state index in [1.807, 2.05) is 12.3 Å². The molecule has 0 amide bonds. The Bertz CT molecular complexity index is 280. The molecule has 0 radical (unpaired) electrons. The molecule has 0 aliphatic heterocycles. The van der Waals surface area contributed by atoms with Crippen molar-refractivity contribution in [3.63, 3.8) is 0 Å². The molecule has 1 aromatic rings. The number of unbranched alkanes of at least 4 members (excludes halogenated alkanes) is 7. The number of hydrogen-bond donors (Lipinski definition) is 1. The van der Waals surface area contributed by atoms with Crippen molar-refractivity contribution in [3.8, 4) is 0 Å². The predicted molar refractivity (Wildman–Crippen MR) is 73.0 cm³/mol. The summed E-state index contributed by atoms with van der Waals surface area (Å²) in [6.07, 6.45) is 15.0. The fourth-order valence-corrected chi connectivity index (χ4v) is 2.15. The second-order valence-electron chi connectivity index (χ2n) is 4.89. The summed E-state index contributed by atoms with van der Waals surface area (Å²) in [5.41, 5.74) is 1.02. The highest BCUT2D eigenvalue weighted by Crippen LogP contribution is 2.09. The Hall–Kier alpha value is -0.760. The second-order valence-corrected chi connectivity index (χ2v) is 4.89. The van der Waals surface area contributed by atoms with Crippen LogP contribution in [-0.4, -0.2) is 9.67 Å². The van der Waals surface area contributed by atoms with Crippen molar-refractivity contribution in [3.05, 3.63) is 24.0 Å². The van der Waals surface area contributed by atoms with Gasteiger partial charge in [0.2, 0.25) is 0 Å². The standard InChI is InChI=1S/C15H27NO/c1-2-3-4-5-6-7-8-9-11-16-12-10-15(13-16)14-17/h10,12-13,17H,2-9,11,14H2,1H3. The number of aliphatic hydroxyl groups is 1. The highest BCUT2D eigenvalue weighted by Gasteiger charge is 1.95. The smallest absolute Gasteiger partial charge is 0.0696 e. The summed E-state index contributed by atoms with van der Waals surface area (Å²) in [6.45, 7) is 3.51. The van der Waals surface area contributed by atoms with Gasteiger partial charge in [-0.2, -0.15) is 0 Å². The van der Waals surface area contributed by atoms with E-state index < -0.39 is 0 Å². The Morgan fingerprint density at radius 3 is 2.24 bits per heavy atom. The fourth-order valence-electron chi connectivity index (χ4n) is 2.15. The molecule has 2 nitrogen and oxygen atoms in total. The zero-order valence-corrected chi connectivity index (χ0v) is 11.2. The number of rotatable bonds is 10. The Kier molecular flexibility index (Phi) is 7.81. The second kappa shape index (κ2) is 9.29. The third kappa shape index (κ3) is 6.52. The highest BCUT2D eigenvalue weighted by molar-refractivity contribution is 5.08. The molecule has 0 saturated carbocycles. The number of aromatic nitrogens is 1. The van der Waals surface area contributed by atoms with Crippen molar-refractivity contribution in [2.45, 2.75) is 71.4 Å². The van der Waals surface area contributed by atoms with Gasteiger partial charge >= 0.3 is 0 Å². The molecule has 0 saturated heterocycles. The predicted octanol–water partition coefficient (Wildman–Crippen LogP) is 4.12. The molecule has 1 aromatic heterocycles. The van der Waals surface area contributed by atoms with Gasteiger partial charge in [0.1, 0.15) is 0 Å². The fraction of sp³-hybridized carbons (Fsp3) is 0.733. The van der Waals surface area contributed by atoms with E-state index in [9.17, 15) is 0 Å². The maximum atomic E-state index is 8.95. The van der Waals surface area contributed by atoms with Crippen LogP contribution in [0, 0.1) is 0 Å². The maximum absolute atomic E-state index is 8.95. The van der Waals surface area contributed by atoms with Crippen LogP contribution in [0.3, 0.4) is 0 Å². The topological polar surface area (TPSA) is 25.2 Å². The van der Waals surface area contributed by atoms with E-state index in [2.05, 4.69) is 17.7 Å². The minimum absolute atomic E-state index is 0.157. The Morgan fingerprint density at radius 1 is 1.00 bits per heavy atom. The van der Waals surface area contributed by atoms with Gasteiger partial charge in [0, 0.05) is 18.9 Å². The largest absolute Gasteiger partial charge is 0.392 e. The lowest BCUT2D eigenvalue weighted by Crippen LogP contribution is -1.94. The minimum Gasteiger partial charge on any atom is -0.392 e. The molecular weight excluding hydrogens is 210 g/mol. The van der Waals surface area contributed by atoms with E-state index >= 15 is 0 Å². The Balaban J connectivity index is 1.93. The van der Waals surface area contributed by atoms with Gasteiger partial charge in [0.25, 0.3) is 0 Å². The number of aliphatic hydroxyl groups excluding tert-OH is 1. The van der Waals surface area contributed by atoms with E-state index in [1.54, 1.807) is 0 Å². The van der Waals surface area contributed by atoms with Crippen LogP contribution in [0.25, 0.3) is 0 Å². The molecule has 0 aliphatic carbocycles. The molecule has 0 unspecified atom stereocenters. The van der Waals surface area contributed by atoms with Gasteiger partial charge in [-0.25, -0.2) is 0 Å². The van der Waals surface area contributed by atoms with Crippen LogP contribution in [-0.2, 0) is 13.2 Å². The number of aryl methyl sites for hydroxylation is 1. The summed E-state index contributed by atoms with van der Waals surface area (Å²) in [5, 5.41) is 8.95. The van der Waals surface area contributed by atoms with E-state index in [4.69, 9.17) is 5.11 Å². The minimum atomic E-state index is 0.157. The van der Waals surface area contributed by atoms with Crippen molar-refractivity contribution < 1.29 is 5.11 Å². The summed E-state index contributed by atoms with van der Waals surface area (Å²) < 4.78 is 2.18. The molecule has 0 spiro atoms. The zero-order valence-electron chi connectivity index (χ0n) is 11.2. The van der Waals surface area contributed by atoms with Crippen molar-refractivity contribution in [1.82, 2.24) is 4.57 Å². The zero-order chi connectivity index (χ0) is 12.3. The van der Waals surface area contributed by atoms with Gasteiger partial charge in [-0.1, -0.05) is 51.9 Å². The molecule has 0 bridgehead atoms. The first kappa shape index (κ1) is 14.3. The first-order valence-corrected chi connectivity index (χ1v) is 7.12. The van der Waals surface area contributed by atoms with Gasteiger partial charge in [0.05, 0.1) is 6.61 Å². The monoisotopic (exact) mass is 237 g/mol. The molecular formula is C15H27NO. The van der Waals surface area contributed by atoms with Crippen molar-refractivity contribution in [2.75, 3.05) is 0 Å². The first-order chi connectivity index (χ1) is 8.36. The van der Waals surface area contributed by atoms with Crippen LogP contribution >= 0.6 is 0 Å². The SMILES string of the molecule is CCCCCCCCCCn1ccc(CO)c1. The summed E-state index contributed by atoms with van der Waals surface area (Å²) in [6, 6.07) is 1.99. The highest BCUT2D eigenvalue weighted by atomic mass is 16.3. The molecule has 17 heavy (non-hydrogen) atoms. The summed E-state index contributed by atoms with van der Waals surface area (Å²) in [7, 11) is 0. The molecule has 0 aromatic carbocycles. The average molecular weight is 237 g/mol. The van der Waals surface area contributed by atoms with Crippen molar-refractivity contribution in [1.29, 1.82) is 0 Å².